The third-order valence-corrected chi connectivity index (χ3v) is 7.65. The number of hydrogen-bond acceptors (Lipinski definition) is 2. The molecule has 23 heavy (non-hydrogen) atoms. The molecule has 0 spiro atoms. The van der Waals surface area contributed by atoms with Gasteiger partial charge in [0.15, 0.2) is 0 Å². The van der Waals surface area contributed by atoms with E-state index in [1.54, 1.807) is 22.5 Å². The van der Waals surface area contributed by atoms with Crippen molar-refractivity contribution < 1.29 is 0 Å². The Morgan fingerprint density at radius 2 is 2.09 bits per heavy atom. The van der Waals surface area contributed by atoms with Gasteiger partial charge in [0.05, 0.1) is 0 Å². The molecule has 0 N–H and O–H groups in total. The largest absolute Gasteiger partial charge is 0.303 e. The Bertz CT molecular complexity index is 719. The molecule has 2 aromatic rings. The standard InChI is InChI=1S/C21H25NS/c1-22-10-9-21-8-3-2-4-18(21)20(22)13-16-6-5-15(12-19(16)21)17-7-11-23-14-17/h5-7,11-12,14,18,20H,2-4,8-10,13H2,1H3/t18-,20-,21?/m1/s1. The number of benzene rings is 1. The number of likely N-dealkylation sites (tertiary alicyclic amines) is 1. The Balaban J connectivity index is 1.68. The quantitative estimate of drug-likeness (QED) is 0.705. The zero-order chi connectivity index (χ0) is 15.4. The predicted octanol–water partition coefficient (Wildman–Crippen LogP) is 5.10. The van der Waals surface area contributed by atoms with E-state index < -0.39 is 0 Å². The van der Waals surface area contributed by atoms with Crippen LogP contribution in [0.3, 0.4) is 0 Å². The molecular formula is C21H25NS. The van der Waals surface area contributed by atoms with Crippen LogP contribution in [0.25, 0.3) is 11.1 Å². The van der Waals surface area contributed by atoms with E-state index in [1.807, 2.05) is 0 Å². The Labute approximate surface area is 143 Å². The van der Waals surface area contributed by atoms with Crippen molar-refractivity contribution in [2.45, 2.75) is 50.0 Å². The minimum Gasteiger partial charge on any atom is -0.303 e. The van der Waals surface area contributed by atoms with Gasteiger partial charge in [-0.25, -0.2) is 0 Å². The second kappa shape index (κ2) is 5.19. The minimum absolute atomic E-state index is 0.481. The second-order valence-corrected chi connectivity index (χ2v) is 8.67. The van der Waals surface area contributed by atoms with Crippen molar-refractivity contribution in [1.29, 1.82) is 0 Å². The molecule has 2 heteroatoms. The molecule has 2 heterocycles. The first-order valence-electron chi connectivity index (χ1n) is 9.14. The minimum atomic E-state index is 0.481. The Morgan fingerprint density at radius 1 is 1.13 bits per heavy atom. The number of piperidine rings is 1. The van der Waals surface area contributed by atoms with E-state index in [0.29, 0.717) is 5.41 Å². The van der Waals surface area contributed by atoms with Crippen LogP contribution in [0, 0.1) is 5.92 Å². The van der Waals surface area contributed by atoms with Crippen LogP contribution in [0.5, 0.6) is 0 Å². The van der Waals surface area contributed by atoms with Gasteiger partial charge in [-0.1, -0.05) is 31.0 Å². The molecular weight excluding hydrogens is 298 g/mol. The van der Waals surface area contributed by atoms with Gasteiger partial charge in [0, 0.05) is 11.5 Å². The molecule has 5 rings (SSSR count). The number of rotatable bonds is 1. The van der Waals surface area contributed by atoms with Crippen LogP contribution >= 0.6 is 11.3 Å². The molecule has 0 amide bonds. The summed E-state index contributed by atoms with van der Waals surface area (Å²) in [6, 6.07) is 10.4. The number of hydrogen-bond donors (Lipinski definition) is 0. The molecule has 1 unspecified atom stereocenters. The summed E-state index contributed by atoms with van der Waals surface area (Å²) in [6.07, 6.45) is 8.36. The van der Waals surface area contributed by atoms with Gasteiger partial charge in [-0.2, -0.15) is 11.3 Å². The highest BCUT2D eigenvalue weighted by atomic mass is 32.1. The van der Waals surface area contributed by atoms with Crippen molar-refractivity contribution in [3.05, 3.63) is 46.2 Å². The zero-order valence-electron chi connectivity index (χ0n) is 13.9. The van der Waals surface area contributed by atoms with Crippen molar-refractivity contribution in [2.24, 2.45) is 5.92 Å². The Hall–Kier alpha value is -1.12. The van der Waals surface area contributed by atoms with Crippen molar-refractivity contribution >= 4 is 11.3 Å². The van der Waals surface area contributed by atoms with E-state index in [9.17, 15) is 0 Å². The lowest BCUT2D eigenvalue weighted by atomic mass is 9.52. The first-order valence-corrected chi connectivity index (χ1v) is 10.1. The normalized spacial score (nSPS) is 33.1. The van der Waals surface area contributed by atoms with Crippen LogP contribution in [-0.2, 0) is 11.8 Å². The summed E-state index contributed by atoms with van der Waals surface area (Å²) < 4.78 is 0. The number of thiophene rings is 1. The molecule has 3 aliphatic rings. The summed E-state index contributed by atoms with van der Waals surface area (Å²) in [5.74, 6) is 0.889. The summed E-state index contributed by atoms with van der Waals surface area (Å²) in [7, 11) is 2.36. The van der Waals surface area contributed by atoms with Crippen LogP contribution in [0.15, 0.2) is 35.0 Å². The molecule has 1 aromatic carbocycles. The van der Waals surface area contributed by atoms with Crippen molar-refractivity contribution in [3.63, 3.8) is 0 Å². The van der Waals surface area contributed by atoms with Gasteiger partial charge in [0.1, 0.15) is 0 Å². The lowest BCUT2D eigenvalue weighted by Crippen LogP contribution is -2.59. The fraction of sp³-hybridized carbons (Fsp3) is 0.524. The molecule has 1 saturated carbocycles. The molecule has 3 atom stereocenters. The fourth-order valence-electron chi connectivity index (χ4n) is 5.81. The molecule has 2 aliphatic carbocycles. The highest BCUT2D eigenvalue weighted by Crippen LogP contribution is 2.55. The van der Waals surface area contributed by atoms with Gasteiger partial charge in [0.25, 0.3) is 0 Å². The highest BCUT2D eigenvalue weighted by molar-refractivity contribution is 7.08. The maximum absolute atomic E-state index is 2.66. The second-order valence-electron chi connectivity index (χ2n) is 7.89. The summed E-state index contributed by atoms with van der Waals surface area (Å²) >= 11 is 1.80. The molecule has 2 fully saturated rings. The highest BCUT2D eigenvalue weighted by Gasteiger charge is 2.52. The van der Waals surface area contributed by atoms with E-state index in [4.69, 9.17) is 0 Å². The molecule has 1 aliphatic heterocycles. The van der Waals surface area contributed by atoms with Crippen LogP contribution in [0.4, 0.5) is 0 Å². The average molecular weight is 324 g/mol. The number of fused-ring (bicyclic) bond motifs is 1. The average Bonchev–Trinajstić information content (AvgIpc) is 3.12. The molecule has 1 saturated heterocycles. The topological polar surface area (TPSA) is 3.24 Å². The summed E-state index contributed by atoms with van der Waals surface area (Å²) in [5.41, 5.74) is 6.67. The van der Waals surface area contributed by atoms with Crippen LogP contribution in [0.1, 0.15) is 43.2 Å². The summed E-state index contributed by atoms with van der Waals surface area (Å²) in [6.45, 7) is 1.28. The van der Waals surface area contributed by atoms with Crippen LogP contribution in [0.2, 0.25) is 0 Å². The molecule has 120 valence electrons. The summed E-state index contributed by atoms with van der Waals surface area (Å²) in [4.78, 5) is 2.66. The smallest absolute Gasteiger partial charge is 0.0169 e. The third kappa shape index (κ3) is 2.01. The third-order valence-electron chi connectivity index (χ3n) is 6.97. The lowest BCUT2D eigenvalue weighted by Gasteiger charge is -2.58. The van der Waals surface area contributed by atoms with Crippen LogP contribution in [-0.4, -0.2) is 24.5 Å². The molecule has 0 radical (unpaired) electrons. The monoisotopic (exact) mass is 323 g/mol. The van der Waals surface area contributed by atoms with Gasteiger partial charge < -0.3 is 4.90 Å². The van der Waals surface area contributed by atoms with Crippen molar-refractivity contribution in [3.8, 4) is 11.1 Å². The van der Waals surface area contributed by atoms with Gasteiger partial charge in [-0.15, -0.1) is 0 Å². The van der Waals surface area contributed by atoms with Gasteiger partial charge in [-0.3, -0.25) is 0 Å². The maximum atomic E-state index is 2.66. The van der Waals surface area contributed by atoms with Gasteiger partial charge in [-0.05, 0) is 84.3 Å². The van der Waals surface area contributed by atoms with Gasteiger partial charge in [0.2, 0.25) is 0 Å². The Kier molecular flexibility index (Phi) is 3.21. The summed E-state index contributed by atoms with van der Waals surface area (Å²) in [5, 5.41) is 4.49. The van der Waals surface area contributed by atoms with E-state index in [1.165, 1.54) is 56.2 Å². The Morgan fingerprint density at radius 3 is 2.96 bits per heavy atom. The molecule has 2 bridgehead atoms. The van der Waals surface area contributed by atoms with Crippen molar-refractivity contribution in [1.82, 2.24) is 4.90 Å². The van der Waals surface area contributed by atoms with Gasteiger partial charge >= 0.3 is 0 Å². The lowest BCUT2D eigenvalue weighted by molar-refractivity contribution is 0.00290. The molecule has 1 nitrogen and oxygen atoms in total. The maximum Gasteiger partial charge on any atom is 0.0169 e. The van der Waals surface area contributed by atoms with Crippen molar-refractivity contribution in [2.75, 3.05) is 13.6 Å². The zero-order valence-corrected chi connectivity index (χ0v) is 14.7. The SMILES string of the molecule is CN1CCC23CCCC[C@@H]2[C@H]1Cc1ccc(-c2ccsc2)cc13. The fourth-order valence-corrected chi connectivity index (χ4v) is 6.47. The number of nitrogens with zero attached hydrogens (tertiary/aromatic N) is 1. The van der Waals surface area contributed by atoms with E-state index >= 15 is 0 Å². The van der Waals surface area contributed by atoms with Crippen LogP contribution < -0.4 is 0 Å². The number of likely N-dealkylation sites (N-methyl/N-ethyl adjacent to an activating group) is 1. The first-order chi connectivity index (χ1) is 11.3. The van der Waals surface area contributed by atoms with E-state index in [2.05, 4.69) is 47.0 Å². The van der Waals surface area contributed by atoms with E-state index in [-0.39, 0.29) is 0 Å². The molecule has 1 aromatic heterocycles. The first kappa shape index (κ1) is 14.2. The predicted molar refractivity (Wildman–Crippen MR) is 98.1 cm³/mol. The van der Waals surface area contributed by atoms with E-state index in [0.717, 1.165) is 12.0 Å².